The number of nitrogens with one attached hydrogen (secondary N) is 6. The van der Waals surface area contributed by atoms with E-state index in [2.05, 4.69) is 31.9 Å². The van der Waals surface area contributed by atoms with Gasteiger partial charge in [-0.1, -0.05) is 78.3 Å². The van der Waals surface area contributed by atoms with Crippen molar-refractivity contribution < 1.29 is 43.0 Å². The van der Waals surface area contributed by atoms with Crippen molar-refractivity contribution in [3.63, 3.8) is 0 Å². The van der Waals surface area contributed by atoms with Crippen molar-refractivity contribution in [3.8, 4) is 0 Å². The highest BCUT2D eigenvalue weighted by Gasteiger charge is 2.37. The van der Waals surface area contributed by atoms with E-state index in [-0.39, 0.29) is 31.0 Å². The second-order valence-corrected chi connectivity index (χ2v) is 15.4. The molecule has 54 heavy (non-hydrogen) atoms. The van der Waals surface area contributed by atoms with E-state index in [4.69, 9.17) is 14.2 Å². The SMILES string of the molecule is CC[C@H](C)[C@H](NC(=O)N[C@H](CC(C)C)NC(=O)[C@H](COCc1ccccc1)NC(=O)OC(C)(C)C)C(=O)N[C@H](NC(=O)N1CCC[C@H]1C(=O)OC)C(C)C. The number of rotatable bonds is 18. The number of carbonyl (C=O) groups is 6. The van der Waals surface area contributed by atoms with Gasteiger partial charge < -0.3 is 51.0 Å². The number of hydrogen-bond acceptors (Lipinski definition) is 9. The molecule has 1 aromatic carbocycles. The fourth-order valence-corrected chi connectivity index (χ4v) is 5.66. The molecule has 0 aromatic heterocycles. The molecule has 0 radical (unpaired) electrons. The Morgan fingerprint density at radius 3 is 2.11 bits per heavy atom. The van der Waals surface area contributed by atoms with Crippen LogP contribution in [0, 0.1) is 17.8 Å². The molecule has 16 heteroatoms. The summed E-state index contributed by atoms with van der Waals surface area (Å²) >= 11 is 0. The third kappa shape index (κ3) is 15.8. The first-order valence-corrected chi connectivity index (χ1v) is 18.8. The summed E-state index contributed by atoms with van der Waals surface area (Å²) in [4.78, 5) is 80.4. The summed E-state index contributed by atoms with van der Waals surface area (Å²) < 4.78 is 16.0. The van der Waals surface area contributed by atoms with E-state index in [0.29, 0.717) is 32.2 Å². The molecular weight excluding hydrogens is 698 g/mol. The highest BCUT2D eigenvalue weighted by Crippen LogP contribution is 2.19. The molecule has 16 nitrogen and oxygen atoms in total. The van der Waals surface area contributed by atoms with Gasteiger partial charge in [0, 0.05) is 6.54 Å². The van der Waals surface area contributed by atoms with Crippen molar-refractivity contribution in [2.45, 2.75) is 131 Å². The van der Waals surface area contributed by atoms with Crippen molar-refractivity contribution in [1.82, 2.24) is 36.8 Å². The molecule has 304 valence electrons. The van der Waals surface area contributed by atoms with Gasteiger partial charge in [0.05, 0.1) is 20.3 Å². The summed E-state index contributed by atoms with van der Waals surface area (Å²) in [5.74, 6) is -2.17. The minimum Gasteiger partial charge on any atom is -0.467 e. The predicted molar refractivity (Wildman–Crippen MR) is 203 cm³/mol. The van der Waals surface area contributed by atoms with Crippen LogP contribution in [0.15, 0.2) is 30.3 Å². The van der Waals surface area contributed by atoms with Crippen molar-refractivity contribution >= 4 is 35.9 Å². The Balaban J connectivity index is 2.16. The lowest BCUT2D eigenvalue weighted by Crippen LogP contribution is -2.62. The highest BCUT2D eigenvalue weighted by atomic mass is 16.6. The summed E-state index contributed by atoms with van der Waals surface area (Å²) in [6, 6.07) is 5.26. The maximum atomic E-state index is 13.7. The van der Waals surface area contributed by atoms with Gasteiger partial charge in [-0.3, -0.25) is 9.59 Å². The molecule has 6 N–H and O–H groups in total. The largest absolute Gasteiger partial charge is 0.467 e. The number of hydrogen-bond donors (Lipinski definition) is 6. The van der Waals surface area contributed by atoms with Crippen LogP contribution in [-0.2, 0) is 35.2 Å². The van der Waals surface area contributed by atoms with Gasteiger partial charge in [-0.15, -0.1) is 0 Å². The number of carbonyl (C=O) groups excluding carboxylic acids is 6. The monoisotopic (exact) mass is 761 g/mol. The first-order chi connectivity index (χ1) is 25.3. The standard InChI is InChI=1S/C38H63N7O9/c1-11-25(6)30(33(47)43-31(24(4)5)44-36(50)45-19-15-18-28(45)34(48)52-10)42-35(49)41-29(20-23(2)3)40-32(46)27(39-37(51)54-38(7,8)9)22-53-21-26-16-13-12-14-17-26/h12-14,16-17,23-25,27-31H,11,15,18-22H2,1-10H3,(H,39,51)(H,40,46)(H,43,47)(H,44,50)(H2,41,42,49)/t25-,27-,28-,29+,30-,31+/m0/s1. The number of nitrogens with zero attached hydrogens (tertiary/aromatic N) is 1. The number of ether oxygens (including phenoxy) is 3. The van der Waals surface area contributed by atoms with Crippen LogP contribution in [0.5, 0.6) is 0 Å². The Morgan fingerprint density at radius 1 is 0.870 bits per heavy atom. The zero-order valence-corrected chi connectivity index (χ0v) is 33.6. The highest BCUT2D eigenvalue weighted by molar-refractivity contribution is 5.89. The van der Waals surface area contributed by atoms with Crippen LogP contribution in [0.3, 0.4) is 0 Å². The second-order valence-electron chi connectivity index (χ2n) is 15.4. The Morgan fingerprint density at radius 2 is 1.54 bits per heavy atom. The molecule has 2 rings (SSSR count). The summed E-state index contributed by atoms with van der Waals surface area (Å²) in [6.45, 7) is 16.7. The van der Waals surface area contributed by atoms with Crippen molar-refractivity contribution in [2.75, 3.05) is 20.3 Å². The fraction of sp³-hybridized carbons (Fsp3) is 0.684. The first-order valence-electron chi connectivity index (χ1n) is 18.8. The molecule has 1 fully saturated rings. The minimum absolute atomic E-state index is 0.0284. The van der Waals surface area contributed by atoms with E-state index >= 15 is 0 Å². The first kappa shape index (κ1) is 45.6. The van der Waals surface area contributed by atoms with Crippen LogP contribution in [0.1, 0.15) is 93.6 Å². The zero-order chi connectivity index (χ0) is 40.6. The van der Waals surface area contributed by atoms with Crippen molar-refractivity contribution in [2.24, 2.45) is 17.8 Å². The lowest BCUT2D eigenvalue weighted by atomic mass is 9.98. The normalized spacial score (nSPS) is 17.0. The smallest absolute Gasteiger partial charge is 0.408 e. The molecule has 6 atom stereocenters. The molecule has 1 aliphatic heterocycles. The van der Waals surface area contributed by atoms with E-state index in [0.717, 1.165) is 5.56 Å². The van der Waals surface area contributed by atoms with Gasteiger partial charge in [0.25, 0.3) is 0 Å². The van der Waals surface area contributed by atoms with Gasteiger partial charge in [-0.25, -0.2) is 19.2 Å². The average molecular weight is 762 g/mol. The van der Waals surface area contributed by atoms with Crippen molar-refractivity contribution in [1.29, 1.82) is 0 Å². The minimum atomic E-state index is -1.16. The Labute approximate surface area is 319 Å². The average Bonchev–Trinajstić information content (AvgIpc) is 3.59. The number of likely N-dealkylation sites (tertiary alicyclic amines) is 1. The summed E-state index contributed by atoms with van der Waals surface area (Å²) in [7, 11) is 1.27. The lowest BCUT2D eigenvalue weighted by Gasteiger charge is -2.32. The van der Waals surface area contributed by atoms with Crippen LogP contribution in [0.4, 0.5) is 14.4 Å². The molecule has 0 spiro atoms. The molecule has 1 heterocycles. The van der Waals surface area contributed by atoms with Crippen LogP contribution in [0.25, 0.3) is 0 Å². The van der Waals surface area contributed by atoms with Gasteiger partial charge in [-0.05, 0) is 63.4 Å². The van der Waals surface area contributed by atoms with Gasteiger partial charge in [-0.2, -0.15) is 0 Å². The number of esters is 1. The molecule has 0 saturated carbocycles. The van der Waals surface area contributed by atoms with Gasteiger partial charge >= 0.3 is 24.1 Å². The van der Waals surface area contributed by atoms with Crippen LogP contribution >= 0.6 is 0 Å². The third-order valence-corrected chi connectivity index (χ3v) is 8.74. The molecule has 1 saturated heterocycles. The van der Waals surface area contributed by atoms with E-state index in [9.17, 15) is 28.8 Å². The fourth-order valence-electron chi connectivity index (χ4n) is 5.66. The molecule has 1 aliphatic rings. The predicted octanol–water partition coefficient (Wildman–Crippen LogP) is 3.74. The zero-order valence-electron chi connectivity index (χ0n) is 33.6. The van der Waals surface area contributed by atoms with E-state index < -0.39 is 72.0 Å². The number of amides is 7. The van der Waals surface area contributed by atoms with Gasteiger partial charge in [0.1, 0.15) is 36.1 Å². The van der Waals surface area contributed by atoms with Crippen LogP contribution in [0.2, 0.25) is 0 Å². The quantitative estimate of drug-likeness (QED) is 0.0951. The summed E-state index contributed by atoms with van der Waals surface area (Å²) in [6.07, 6.45) is -0.517. The van der Waals surface area contributed by atoms with Gasteiger partial charge in [0.15, 0.2) is 0 Å². The topological polar surface area (TPSA) is 206 Å². The number of alkyl carbamates (subject to hydrolysis) is 1. The number of benzene rings is 1. The third-order valence-electron chi connectivity index (χ3n) is 8.74. The maximum absolute atomic E-state index is 13.7. The van der Waals surface area contributed by atoms with Crippen LogP contribution < -0.4 is 31.9 Å². The summed E-state index contributed by atoms with van der Waals surface area (Å²) in [5.41, 5.74) is 0.0713. The molecule has 1 aromatic rings. The maximum Gasteiger partial charge on any atom is 0.408 e. The molecular formula is C38H63N7O9. The molecule has 7 amide bonds. The Hall–Kier alpha value is -4.60. The molecule has 0 bridgehead atoms. The van der Waals surface area contributed by atoms with Crippen molar-refractivity contribution in [3.05, 3.63) is 35.9 Å². The Kier molecular flexibility index (Phi) is 18.5. The van der Waals surface area contributed by atoms with Gasteiger partial charge in [0.2, 0.25) is 11.8 Å². The number of urea groups is 2. The lowest BCUT2D eigenvalue weighted by molar-refractivity contribution is -0.145. The van der Waals surface area contributed by atoms with E-state index in [1.807, 2.05) is 71.9 Å². The second kappa shape index (κ2) is 21.9. The molecule has 0 aliphatic carbocycles. The summed E-state index contributed by atoms with van der Waals surface area (Å²) in [5, 5.41) is 16.6. The Bertz CT molecular complexity index is 1390. The number of methoxy groups -OCH3 is 1. The molecule has 0 unspecified atom stereocenters. The van der Waals surface area contributed by atoms with Crippen LogP contribution in [-0.4, -0.2) is 97.2 Å². The van der Waals surface area contributed by atoms with E-state index in [1.165, 1.54) is 12.0 Å². The van der Waals surface area contributed by atoms with E-state index in [1.54, 1.807) is 20.8 Å².